The summed E-state index contributed by atoms with van der Waals surface area (Å²) in [5.74, 6) is 0.157. The van der Waals surface area contributed by atoms with Crippen molar-refractivity contribution in [1.82, 2.24) is 9.47 Å². The molecule has 0 atom stereocenters. The number of hydrogen-bond donors (Lipinski definition) is 0. The van der Waals surface area contributed by atoms with Gasteiger partial charge in [-0.1, -0.05) is 30.3 Å². The summed E-state index contributed by atoms with van der Waals surface area (Å²) in [7, 11) is 0. The average Bonchev–Trinajstić information content (AvgIpc) is 3.21. The van der Waals surface area contributed by atoms with Crippen molar-refractivity contribution in [2.75, 3.05) is 6.54 Å². The second-order valence-corrected chi connectivity index (χ2v) is 7.70. The lowest BCUT2D eigenvalue weighted by Gasteiger charge is -2.27. The zero-order valence-corrected chi connectivity index (χ0v) is 15.5. The van der Waals surface area contributed by atoms with Gasteiger partial charge in [0.2, 0.25) is 0 Å². The van der Waals surface area contributed by atoms with Crippen LogP contribution in [0.3, 0.4) is 0 Å². The predicted octanol–water partition coefficient (Wildman–Crippen LogP) is 4.41. The molecule has 1 aliphatic heterocycles. The minimum Gasteiger partial charge on any atom is -0.344 e. The van der Waals surface area contributed by atoms with Gasteiger partial charge in [-0.15, -0.1) is 11.3 Å². The van der Waals surface area contributed by atoms with E-state index in [-0.39, 0.29) is 5.91 Å². The SMILES string of the molecule is Cc1cc(C(=O)N2CCc3sccc3C2)c(C)n1Cc1ccccc1. The van der Waals surface area contributed by atoms with E-state index in [0.717, 1.165) is 43.0 Å². The van der Waals surface area contributed by atoms with Crippen LogP contribution < -0.4 is 0 Å². The lowest BCUT2D eigenvalue weighted by Crippen LogP contribution is -2.35. The minimum absolute atomic E-state index is 0.157. The van der Waals surface area contributed by atoms with Crippen LogP contribution in [0.4, 0.5) is 0 Å². The molecule has 4 rings (SSSR count). The van der Waals surface area contributed by atoms with Crippen LogP contribution >= 0.6 is 11.3 Å². The Balaban J connectivity index is 1.59. The smallest absolute Gasteiger partial charge is 0.255 e. The molecule has 0 radical (unpaired) electrons. The van der Waals surface area contributed by atoms with Gasteiger partial charge >= 0.3 is 0 Å². The van der Waals surface area contributed by atoms with Gasteiger partial charge in [-0.3, -0.25) is 4.79 Å². The fourth-order valence-corrected chi connectivity index (χ4v) is 4.51. The van der Waals surface area contributed by atoms with Crippen LogP contribution in [-0.2, 0) is 19.5 Å². The largest absolute Gasteiger partial charge is 0.344 e. The molecule has 0 aliphatic carbocycles. The number of hydrogen-bond acceptors (Lipinski definition) is 2. The summed E-state index contributed by atoms with van der Waals surface area (Å²) < 4.78 is 2.24. The van der Waals surface area contributed by atoms with Gasteiger partial charge in [-0.25, -0.2) is 0 Å². The fourth-order valence-electron chi connectivity index (χ4n) is 3.62. The third kappa shape index (κ3) is 3.02. The molecule has 0 bridgehead atoms. The van der Waals surface area contributed by atoms with E-state index in [4.69, 9.17) is 0 Å². The fraction of sp³-hybridized carbons (Fsp3) is 0.286. The molecule has 0 N–H and O–H groups in total. The molecule has 2 aromatic heterocycles. The van der Waals surface area contributed by atoms with E-state index in [1.807, 2.05) is 17.0 Å². The number of nitrogens with zero attached hydrogens (tertiary/aromatic N) is 2. The van der Waals surface area contributed by atoms with Crippen molar-refractivity contribution in [3.63, 3.8) is 0 Å². The molecule has 3 heterocycles. The summed E-state index contributed by atoms with van der Waals surface area (Å²) in [4.78, 5) is 16.5. The standard InChI is InChI=1S/C21H22N2OS/c1-15-12-19(16(2)23(15)13-17-6-4-3-5-7-17)21(24)22-10-8-20-18(14-22)9-11-25-20/h3-7,9,11-12H,8,10,13-14H2,1-2H3. The quantitative estimate of drug-likeness (QED) is 0.687. The van der Waals surface area contributed by atoms with Crippen LogP contribution in [0.5, 0.6) is 0 Å². The van der Waals surface area contributed by atoms with Crippen molar-refractivity contribution in [1.29, 1.82) is 0 Å². The predicted molar refractivity (Wildman–Crippen MR) is 102 cm³/mol. The Bertz CT molecular complexity index is 907. The second kappa shape index (κ2) is 6.52. The van der Waals surface area contributed by atoms with Crippen molar-refractivity contribution in [2.45, 2.75) is 33.4 Å². The van der Waals surface area contributed by atoms with Crippen LogP contribution in [0, 0.1) is 13.8 Å². The van der Waals surface area contributed by atoms with Gasteiger partial charge in [-0.2, -0.15) is 0 Å². The van der Waals surface area contributed by atoms with Crippen molar-refractivity contribution in [3.05, 3.63) is 80.8 Å². The van der Waals surface area contributed by atoms with Crippen LogP contribution in [0.2, 0.25) is 0 Å². The molecular weight excluding hydrogens is 328 g/mol. The number of fused-ring (bicyclic) bond motifs is 1. The third-order valence-electron chi connectivity index (χ3n) is 5.08. The molecule has 0 unspecified atom stereocenters. The maximum atomic E-state index is 13.1. The zero-order chi connectivity index (χ0) is 17.4. The number of rotatable bonds is 3. The van der Waals surface area contributed by atoms with Gasteiger partial charge in [0.1, 0.15) is 0 Å². The number of carbonyl (C=O) groups is 1. The molecule has 1 amide bonds. The Labute approximate surface area is 152 Å². The Morgan fingerprint density at radius 2 is 1.96 bits per heavy atom. The highest BCUT2D eigenvalue weighted by atomic mass is 32.1. The number of amides is 1. The molecule has 1 aliphatic rings. The molecule has 128 valence electrons. The first-order chi connectivity index (χ1) is 12.1. The van der Waals surface area contributed by atoms with Crippen LogP contribution in [0.1, 0.15) is 37.7 Å². The molecule has 1 aromatic carbocycles. The molecule has 0 saturated heterocycles. The van der Waals surface area contributed by atoms with E-state index >= 15 is 0 Å². The Kier molecular flexibility index (Phi) is 4.22. The first kappa shape index (κ1) is 16.2. The van der Waals surface area contributed by atoms with Gasteiger partial charge < -0.3 is 9.47 Å². The van der Waals surface area contributed by atoms with E-state index in [1.165, 1.54) is 16.0 Å². The van der Waals surface area contributed by atoms with Crippen molar-refractivity contribution in [2.24, 2.45) is 0 Å². The zero-order valence-electron chi connectivity index (χ0n) is 14.7. The molecule has 0 saturated carbocycles. The first-order valence-electron chi connectivity index (χ1n) is 8.68. The van der Waals surface area contributed by atoms with Crippen molar-refractivity contribution in [3.8, 4) is 0 Å². The Morgan fingerprint density at radius 3 is 2.76 bits per heavy atom. The highest BCUT2D eigenvalue weighted by Crippen LogP contribution is 2.26. The molecule has 25 heavy (non-hydrogen) atoms. The maximum absolute atomic E-state index is 13.1. The number of aromatic nitrogens is 1. The van der Waals surface area contributed by atoms with Gasteiger partial charge in [-0.05, 0) is 48.9 Å². The molecular formula is C21H22N2OS. The van der Waals surface area contributed by atoms with E-state index in [0.29, 0.717) is 0 Å². The highest BCUT2D eigenvalue weighted by molar-refractivity contribution is 7.10. The van der Waals surface area contributed by atoms with E-state index in [1.54, 1.807) is 11.3 Å². The summed E-state index contributed by atoms with van der Waals surface area (Å²) in [6.07, 6.45) is 0.974. The molecule has 4 heteroatoms. The summed E-state index contributed by atoms with van der Waals surface area (Å²) in [6, 6.07) is 14.6. The van der Waals surface area contributed by atoms with Gasteiger partial charge in [0.25, 0.3) is 5.91 Å². The van der Waals surface area contributed by atoms with Crippen molar-refractivity contribution >= 4 is 17.2 Å². The van der Waals surface area contributed by atoms with Crippen LogP contribution in [0.25, 0.3) is 0 Å². The van der Waals surface area contributed by atoms with E-state index in [2.05, 4.69) is 54.1 Å². The summed E-state index contributed by atoms with van der Waals surface area (Å²) in [5.41, 5.74) is 5.60. The first-order valence-corrected chi connectivity index (χ1v) is 9.56. The average molecular weight is 350 g/mol. The number of carbonyl (C=O) groups excluding carboxylic acids is 1. The van der Waals surface area contributed by atoms with E-state index < -0.39 is 0 Å². The van der Waals surface area contributed by atoms with Crippen LogP contribution in [-0.4, -0.2) is 21.9 Å². The topological polar surface area (TPSA) is 25.2 Å². The summed E-state index contributed by atoms with van der Waals surface area (Å²) >= 11 is 1.80. The molecule has 0 spiro atoms. The minimum atomic E-state index is 0.157. The number of aryl methyl sites for hydroxylation is 1. The van der Waals surface area contributed by atoms with Gasteiger partial charge in [0.05, 0.1) is 5.56 Å². The molecule has 0 fully saturated rings. The second-order valence-electron chi connectivity index (χ2n) is 6.70. The number of thiophene rings is 1. The normalized spacial score (nSPS) is 13.8. The van der Waals surface area contributed by atoms with Crippen LogP contribution in [0.15, 0.2) is 47.8 Å². The van der Waals surface area contributed by atoms with Gasteiger partial charge in [0.15, 0.2) is 0 Å². The van der Waals surface area contributed by atoms with Crippen molar-refractivity contribution < 1.29 is 4.79 Å². The molecule has 3 aromatic rings. The summed E-state index contributed by atoms with van der Waals surface area (Å²) in [6.45, 7) is 6.50. The van der Waals surface area contributed by atoms with Gasteiger partial charge in [0, 0.05) is 35.9 Å². The lowest BCUT2D eigenvalue weighted by atomic mass is 10.1. The third-order valence-corrected chi connectivity index (χ3v) is 6.11. The monoisotopic (exact) mass is 350 g/mol. The van der Waals surface area contributed by atoms with E-state index in [9.17, 15) is 4.79 Å². The Morgan fingerprint density at radius 1 is 1.16 bits per heavy atom. The number of benzene rings is 1. The maximum Gasteiger partial charge on any atom is 0.255 e. The molecule has 3 nitrogen and oxygen atoms in total. The lowest BCUT2D eigenvalue weighted by molar-refractivity contribution is 0.0735. The summed E-state index contributed by atoms with van der Waals surface area (Å²) in [5, 5.41) is 2.13. The Hall–Kier alpha value is -2.33. The highest BCUT2D eigenvalue weighted by Gasteiger charge is 2.25.